The van der Waals surface area contributed by atoms with Gasteiger partial charge in [0.1, 0.15) is 0 Å². The molecule has 0 bridgehead atoms. The van der Waals surface area contributed by atoms with Crippen LogP contribution in [0.25, 0.3) is 0 Å². The second-order valence-corrected chi connectivity index (χ2v) is 5.28. The zero-order valence-electron chi connectivity index (χ0n) is 9.64. The van der Waals surface area contributed by atoms with E-state index in [9.17, 15) is 0 Å². The van der Waals surface area contributed by atoms with Crippen LogP contribution in [0.1, 0.15) is 5.56 Å². The van der Waals surface area contributed by atoms with E-state index in [1.165, 1.54) is 0 Å². The summed E-state index contributed by atoms with van der Waals surface area (Å²) in [5.41, 5.74) is 1.09. The van der Waals surface area contributed by atoms with Crippen molar-refractivity contribution in [3.63, 3.8) is 0 Å². The van der Waals surface area contributed by atoms with Gasteiger partial charge < -0.3 is 0 Å². The topological polar surface area (TPSA) is 29.5 Å². The SMILES string of the molecule is OCCc1ccc(Oc2ccc(Cl)cc2[As])cc1. The van der Waals surface area contributed by atoms with Gasteiger partial charge in [-0.2, -0.15) is 0 Å². The predicted octanol–water partition coefficient (Wildman–Crippen LogP) is 2.46. The Bertz CT molecular complexity index is 526. The molecule has 0 heterocycles. The fraction of sp³-hybridized carbons (Fsp3) is 0.143. The molecule has 0 aliphatic carbocycles. The van der Waals surface area contributed by atoms with Crippen molar-refractivity contribution in [3.05, 3.63) is 53.1 Å². The molecule has 2 aromatic rings. The summed E-state index contributed by atoms with van der Waals surface area (Å²) in [6.45, 7) is 0.161. The van der Waals surface area contributed by atoms with Gasteiger partial charge >= 0.3 is 120 Å². The summed E-state index contributed by atoms with van der Waals surface area (Å²) < 4.78 is 6.70. The third kappa shape index (κ3) is 3.52. The molecule has 1 N–H and O–H groups in total. The van der Waals surface area contributed by atoms with Gasteiger partial charge in [-0.25, -0.2) is 0 Å². The Morgan fingerprint density at radius 2 is 1.83 bits per heavy atom. The van der Waals surface area contributed by atoms with Crippen molar-refractivity contribution in [3.8, 4) is 11.5 Å². The molecule has 0 saturated heterocycles. The molecule has 0 unspecified atom stereocenters. The number of hydrogen-bond donors (Lipinski definition) is 1. The van der Waals surface area contributed by atoms with Gasteiger partial charge in [0.2, 0.25) is 0 Å². The third-order valence-corrected chi connectivity index (χ3v) is 3.44. The van der Waals surface area contributed by atoms with Crippen LogP contribution in [-0.4, -0.2) is 28.6 Å². The molecule has 0 saturated carbocycles. The molecule has 0 aliphatic rings. The summed E-state index contributed by atoms with van der Waals surface area (Å²) in [4.78, 5) is 0. The van der Waals surface area contributed by atoms with Crippen LogP contribution < -0.4 is 9.09 Å². The van der Waals surface area contributed by atoms with Crippen molar-refractivity contribution in [1.82, 2.24) is 0 Å². The number of aliphatic hydroxyl groups excluding tert-OH is 1. The predicted molar refractivity (Wildman–Crippen MR) is 74.1 cm³/mol. The molecule has 0 amide bonds. The summed E-state index contributed by atoms with van der Waals surface area (Å²) in [5.74, 6) is 1.54. The van der Waals surface area contributed by atoms with Gasteiger partial charge in [-0.1, -0.05) is 0 Å². The normalized spacial score (nSPS) is 10.4. The van der Waals surface area contributed by atoms with Gasteiger partial charge in [-0.05, 0) is 0 Å². The van der Waals surface area contributed by atoms with E-state index in [2.05, 4.69) is 16.9 Å². The Morgan fingerprint density at radius 1 is 1.11 bits per heavy atom. The van der Waals surface area contributed by atoms with Crippen LogP contribution in [0.4, 0.5) is 0 Å². The fourth-order valence-corrected chi connectivity index (χ4v) is 2.44. The Morgan fingerprint density at radius 3 is 2.44 bits per heavy atom. The van der Waals surface area contributed by atoms with Crippen molar-refractivity contribution in [2.24, 2.45) is 0 Å². The van der Waals surface area contributed by atoms with Crippen LogP contribution in [-0.2, 0) is 6.42 Å². The molecular weight excluding hydrogens is 311 g/mol. The Kier molecular flexibility index (Phi) is 4.71. The monoisotopic (exact) mass is 322 g/mol. The number of aliphatic hydroxyl groups is 1. The average Bonchev–Trinajstić information content (AvgIpc) is 2.35. The molecule has 0 fully saturated rings. The van der Waals surface area contributed by atoms with Crippen LogP contribution in [0.2, 0.25) is 5.02 Å². The molecular formula is C14H12AsClO2. The van der Waals surface area contributed by atoms with E-state index in [0.29, 0.717) is 11.4 Å². The van der Waals surface area contributed by atoms with Crippen LogP contribution in [0.15, 0.2) is 42.5 Å². The Hall–Kier alpha value is -0.952. The fourth-order valence-electron chi connectivity index (χ4n) is 1.56. The number of benzene rings is 2. The van der Waals surface area contributed by atoms with Crippen LogP contribution >= 0.6 is 11.6 Å². The summed E-state index contributed by atoms with van der Waals surface area (Å²) in [5, 5.41) is 9.53. The molecule has 18 heavy (non-hydrogen) atoms. The number of hydrogen-bond acceptors (Lipinski definition) is 2. The van der Waals surface area contributed by atoms with E-state index in [-0.39, 0.29) is 6.61 Å². The first-order valence-corrected chi connectivity index (χ1v) is 6.87. The van der Waals surface area contributed by atoms with Crippen molar-refractivity contribution < 1.29 is 9.84 Å². The van der Waals surface area contributed by atoms with Crippen molar-refractivity contribution in [2.45, 2.75) is 6.42 Å². The zero-order chi connectivity index (χ0) is 13.0. The quantitative estimate of drug-likeness (QED) is 0.876. The molecule has 92 valence electrons. The van der Waals surface area contributed by atoms with Crippen LogP contribution in [0.3, 0.4) is 0 Å². The van der Waals surface area contributed by atoms with Crippen LogP contribution in [0, 0.1) is 0 Å². The standard InChI is InChI=1S/C14H12AsClO2/c15-13-9-11(16)3-6-14(13)18-12-4-1-10(2-5-12)7-8-17/h1-6,9,17H,7-8H2. The second kappa shape index (κ2) is 6.28. The van der Waals surface area contributed by atoms with Gasteiger partial charge in [-0.3, -0.25) is 0 Å². The maximum atomic E-state index is 8.84. The molecule has 2 rings (SSSR count). The first-order chi connectivity index (χ1) is 8.69. The van der Waals surface area contributed by atoms with Crippen molar-refractivity contribution in [2.75, 3.05) is 6.61 Å². The van der Waals surface area contributed by atoms with Crippen LogP contribution in [0.5, 0.6) is 11.5 Å². The first-order valence-electron chi connectivity index (χ1n) is 5.55. The van der Waals surface area contributed by atoms with E-state index < -0.39 is 0 Å². The Labute approximate surface area is 120 Å². The number of ether oxygens (including phenoxy) is 1. The molecule has 4 heteroatoms. The first kappa shape index (κ1) is 13.5. The van der Waals surface area contributed by atoms with E-state index in [0.717, 1.165) is 21.4 Å². The molecule has 0 spiro atoms. The number of rotatable bonds is 4. The average molecular weight is 323 g/mol. The van der Waals surface area contributed by atoms with E-state index >= 15 is 0 Å². The third-order valence-electron chi connectivity index (χ3n) is 2.47. The van der Waals surface area contributed by atoms with E-state index in [4.69, 9.17) is 21.4 Å². The van der Waals surface area contributed by atoms with E-state index in [1.54, 1.807) is 6.07 Å². The maximum absolute atomic E-state index is 8.84. The molecule has 2 radical (unpaired) electrons. The Balaban J connectivity index is 2.13. The number of halogens is 1. The van der Waals surface area contributed by atoms with Gasteiger partial charge in [0, 0.05) is 0 Å². The van der Waals surface area contributed by atoms with Gasteiger partial charge in [0.25, 0.3) is 0 Å². The molecule has 0 atom stereocenters. The minimum atomic E-state index is 0.161. The van der Waals surface area contributed by atoms with Gasteiger partial charge in [-0.15, -0.1) is 0 Å². The van der Waals surface area contributed by atoms with Crippen molar-refractivity contribution in [1.29, 1.82) is 0 Å². The zero-order valence-corrected chi connectivity index (χ0v) is 12.3. The van der Waals surface area contributed by atoms with Crippen molar-refractivity contribution >= 4 is 32.8 Å². The van der Waals surface area contributed by atoms with Gasteiger partial charge in [0.15, 0.2) is 0 Å². The molecule has 0 aliphatic heterocycles. The summed E-state index contributed by atoms with van der Waals surface area (Å²) in [7, 11) is 0. The summed E-state index contributed by atoms with van der Waals surface area (Å²) >= 11 is 8.33. The molecule has 0 aromatic heterocycles. The van der Waals surface area contributed by atoms with Gasteiger partial charge in [0.05, 0.1) is 0 Å². The summed E-state index contributed by atoms with van der Waals surface area (Å²) in [6.07, 6.45) is 0.664. The van der Waals surface area contributed by atoms with E-state index in [1.807, 2.05) is 36.4 Å². The minimum absolute atomic E-state index is 0.161. The summed E-state index contributed by atoms with van der Waals surface area (Å²) in [6, 6.07) is 13.2. The molecule has 2 nitrogen and oxygen atoms in total. The molecule has 2 aromatic carbocycles. The second-order valence-electron chi connectivity index (χ2n) is 3.83.